The predicted molar refractivity (Wildman–Crippen MR) is 109 cm³/mol. The first-order valence-corrected chi connectivity index (χ1v) is 10.2. The molecule has 0 aliphatic carbocycles. The second-order valence-electron chi connectivity index (χ2n) is 7.55. The summed E-state index contributed by atoms with van der Waals surface area (Å²) in [7, 11) is 0. The lowest BCUT2D eigenvalue weighted by molar-refractivity contribution is -0.129. The van der Waals surface area contributed by atoms with Crippen molar-refractivity contribution >= 4 is 17.5 Å². The molecule has 2 aromatic rings. The summed E-state index contributed by atoms with van der Waals surface area (Å²) in [5.74, 6) is 1.25. The highest BCUT2D eigenvalue weighted by atomic mass is 35.5. The van der Waals surface area contributed by atoms with Crippen LogP contribution in [0.4, 0.5) is 4.39 Å². The summed E-state index contributed by atoms with van der Waals surface area (Å²) in [5, 5.41) is 4.04. The molecule has 2 aromatic carbocycles. The number of nitrogens with zero attached hydrogens (tertiary/aromatic N) is 1. The molecule has 2 aliphatic heterocycles. The van der Waals surface area contributed by atoms with Gasteiger partial charge in [0.05, 0.1) is 0 Å². The molecule has 29 heavy (non-hydrogen) atoms. The first-order chi connectivity index (χ1) is 14.0. The third-order valence-corrected chi connectivity index (χ3v) is 5.97. The van der Waals surface area contributed by atoms with E-state index in [4.69, 9.17) is 21.1 Å². The topological polar surface area (TPSA) is 50.8 Å². The Morgan fingerprint density at radius 2 is 2.00 bits per heavy atom. The monoisotopic (exact) mass is 418 g/mol. The van der Waals surface area contributed by atoms with Crippen molar-refractivity contribution in [2.75, 3.05) is 13.3 Å². The van der Waals surface area contributed by atoms with Gasteiger partial charge in [0.2, 0.25) is 12.7 Å². The standard InChI is InChI=1S/C22H24ClFN2O3/c1-14-2-3-17(24)8-16(14)12-26-18(4-5-22(26)27)6-7-25-11-15-9-20-21(10-19(15)23)29-13-28-20/h2-3,8-10,18,25H,4-7,11-13H2,1H3. The highest BCUT2D eigenvalue weighted by molar-refractivity contribution is 6.31. The van der Waals surface area contributed by atoms with Crippen LogP contribution in [0.3, 0.4) is 0 Å². The number of nitrogens with one attached hydrogen (secondary N) is 1. The molecule has 4 rings (SSSR count). The van der Waals surface area contributed by atoms with E-state index in [0.717, 1.165) is 36.1 Å². The third kappa shape index (κ3) is 4.49. The normalized spacial score (nSPS) is 18.0. The van der Waals surface area contributed by atoms with Crippen LogP contribution in [0.5, 0.6) is 11.5 Å². The Balaban J connectivity index is 1.32. The van der Waals surface area contributed by atoms with Crippen LogP contribution in [-0.2, 0) is 17.9 Å². The van der Waals surface area contributed by atoms with Gasteiger partial charge in [0.15, 0.2) is 11.5 Å². The second-order valence-corrected chi connectivity index (χ2v) is 7.95. The first kappa shape index (κ1) is 20.0. The van der Waals surface area contributed by atoms with E-state index in [1.54, 1.807) is 12.1 Å². The van der Waals surface area contributed by atoms with Crippen LogP contribution < -0.4 is 14.8 Å². The van der Waals surface area contributed by atoms with Gasteiger partial charge in [0, 0.05) is 36.6 Å². The van der Waals surface area contributed by atoms with E-state index in [1.807, 2.05) is 17.9 Å². The molecule has 0 aromatic heterocycles. The number of ether oxygens (including phenoxy) is 2. The summed E-state index contributed by atoms with van der Waals surface area (Å²) >= 11 is 6.32. The number of rotatable bonds is 7. The molecule has 0 spiro atoms. The molecule has 0 bridgehead atoms. The number of hydrogen-bond donors (Lipinski definition) is 1. The number of likely N-dealkylation sites (tertiary alicyclic amines) is 1. The molecular formula is C22H24ClFN2O3. The smallest absolute Gasteiger partial charge is 0.231 e. The van der Waals surface area contributed by atoms with Crippen molar-refractivity contribution in [3.8, 4) is 11.5 Å². The number of carbonyl (C=O) groups excluding carboxylic acids is 1. The van der Waals surface area contributed by atoms with Crippen LogP contribution >= 0.6 is 11.6 Å². The number of halogens is 2. The molecule has 0 radical (unpaired) electrons. The Hall–Kier alpha value is -2.31. The zero-order chi connectivity index (χ0) is 20.4. The number of carbonyl (C=O) groups is 1. The fourth-order valence-corrected chi connectivity index (χ4v) is 4.11. The van der Waals surface area contributed by atoms with Crippen molar-refractivity contribution in [2.45, 2.75) is 45.3 Å². The molecule has 154 valence electrons. The maximum Gasteiger partial charge on any atom is 0.231 e. The van der Waals surface area contributed by atoms with Gasteiger partial charge in [0.1, 0.15) is 5.82 Å². The minimum atomic E-state index is -0.268. The molecule has 7 heteroatoms. The van der Waals surface area contributed by atoms with Gasteiger partial charge in [-0.3, -0.25) is 4.79 Å². The van der Waals surface area contributed by atoms with Gasteiger partial charge in [-0.1, -0.05) is 17.7 Å². The number of amides is 1. The third-order valence-electron chi connectivity index (χ3n) is 5.62. The summed E-state index contributed by atoms with van der Waals surface area (Å²) < 4.78 is 24.3. The predicted octanol–water partition coefficient (Wildman–Crippen LogP) is 4.19. The lowest BCUT2D eigenvalue weighted by Crippen LogP contribution is -2.34. The number of fused-ring (bicyclic) bond motifs is 1. The molecule has 1 N–H and O–H groups in total. The highest BCUT2D eigenvalue weighted by Crippen LogP contribution is 2.36. The maximum atomic E-state index is 13.6. The van der Waals surface area contributed by atoms with Gasteiger partial charge in [-0.15, -0.1) is 0 Å². The van der Waals surface area contributed by atoms with E-state index in [2.05, 4.69) is 5.32 Å². The quantitative estimate of drug-likeness (QED) is 0.685. The van der Waals surface area contributed by atoms with Crippen LogP contribution in [0.1, 0.15) is 36.0 Å². The van der Waals surface area contributed by atoms with E-state index >= 15 is 0 Å². The van der Waals surface area contributed by atoms with Gasteiger partial charge in [0.25, 0.3) is 0 Å². The Morgan fingerprint density at radius 3 is 2.83 bits per heavy atom. The Bertz CT molecular complexity index is 921. The molecule has 1 saturated heterocycles. The fraction of sp³-hybridized carbons (Fsp3) is 0.409. The van der Waals surface area contributed by atoms with E-state index < -0.39 is 0 Å². The summed E-state index contributed by atoms with van der Waals surface area (Å²) in [4.78, 5) is 14.2. The van der Waals surface area contributed by atoms with Gasteiger partial charge >= 0.3 is 0 Å². The molecule has 5 nitrogen and oxygen atoms in total. The summed E-state index contributed by atoms with van der Waals surface area (Å²) in [6.07, 6.45) is 2.22. The molecule has 1 amide bonds. The molecule has 2 heterocycles. The average Bonchev–Trinajstić information content (AvgIpc) is 3.28. The van der Waals surface area contributed by atoms with Gasteiger partial charge < -0.3 is 19.7 Å². The van der Waals surface area contributed by atoms with E-state index in [9.17, 15) is 9.18 Å². The molecular weight excluding hydrogens is 395 g/mol. The van der Waals surface area contributed by atoms with Crippen LogP contribution in [0, 0.1) is 12.7 Å². The van der Waals surface area contributed by atoms with E-state index in [-0.39, 0.29) is 24.6 Å². The van der Waals surface area contributed by atoms with Crippen LogP contribution in [0.25, 0.3) is 0 Å². The molecule has 1 atom stereocenters. The van der Waals surface area contributed by atoms with Crippen LogP contribution in [-0.4, -0.2) is 30.2 Å². The average molecular weight is 419 g/mol. The molecule has 2 aliphatic rings. The second kappa shape index (κ2) is 8.59. The Labute approximate surface area is 174 Å². The maximum absolute atomic E-state index is 13.6. The van der Waals surface area contributed by atoms with Crippen LogP contribution in [0.15, 0.2) is 30.3 Å². The lowest BCUT2D eigenvalue weighted by atomic mass is 10.1. The first-order valence-electron chi connectivity index (χ1n) is 9.84. The Kier molecular flexibility index (Phi) is 5.92. The highest BCUT2D eigenvalue weighted by Gasteiger charge is 2.30. The van der Waals surface area contributed by atoms with Gasteiger partial charge in [-0.05, 0) is 61.2 Å². The SMILES string of the molecule is Cc1ccc(F)cc1CN1C(=O)CCC1CCNCc1cc2c(cc1Cl)OCO2. The lowest BCUT2D eigenvalue weighted by Gasteiger charge is -2.26. The number of hydrogen-bond acceptors (Lipinski definition) is 4. The van der Waals surface area contributed by atoms with Gasteiger partial charge in [-0.25, -0.2) is 4.39 Å². The van der Waals surface area contributed by atoms with Crippen molar-refractivity contribution in [3.05, 3.63) is 57.9 Å². The summed E-state index contributed by atoms with van der Waals surface area (Å²) in [6.45, 7) is 3.99. The van der Waals surface area contributed by atoms with Crippen molar-refractivity contribution < 1.29 is 18.7 Å². The van der Waals surface area contributed by atoms with Crippen molar-refractivity contribution in [3.63, 3.8) is 0 Å². The molecule has 1 fully saturated rings. The van der Waals surface area contributed by atoms with Crippen molar-refractivity contribution in [1.29, 1.82) is 0 Å². The minimum absolute atomic E-state index is 0.137. The molecule has 1 unspecified atom stereocenters. The zero-order valence-electron chi connectivity index (χ0n) is 16.3. The van der Waals surface area contributed by atoms with E-state index in [0.29, 0.717) is 36.0 Å². The zero-order valence-corrected chi connectivity index (χ0v) is 17.1. The fourth-order valence-electron chi connectivity index (χ4n) is 3.89. The summed E-state index contributed by atoms with van der Waals surface area (Å²) in [5.41, 5.74) is 2.82. The summed E-state index contributed by atoms with van der Waals surface area (Å²) in [6, 6.07) is 8.57. The number of benzene rings is 2. The van der Waals surface area contributed by atoms with Crippen molar-refractivity contribution in [2.24, 2.45) is 0 Å². The van der Waals surface area contributed by atoms with Crippen molar-refractivity contribution in [1.82, 2.24) is 10.2 Å². The van der Waals surface area contributed by atoms with Crippen LogP contribution in [0.2, 0.25) is 5.02 Å². The Morgan fingerprint density at radius 1 is 1.21 bits per heavy atom. The largest absolute Gasteiger partial charge is 0.454 e. The number of aryl methyl sites for hydroxylation is 1. The van der Waals surface area contributed by atoms with Gasteiger partial charge in [-0.2, -0.15) is 0 Å². The minimum Gasteiger partial charge on any atom is -0.454 e. The van der Waals surface area contributed by atoms with E-state index in [1.165, 1.54) is 12.1 Å². The molecule has 0 saturated carbocycles.